The van der Waals surface area contributed by atoms with E-state index in [2.05, 4.69) is 15.3 Å². The first-order valence-corrected chi connectivity index (χ1v) is 11.2. The molecule has 8 nitrogen and oxygen atoms in total. The number of nitrogens with zero attached hydrogens (tertiary/aromatic N) is 4. The summed E-state index contributed by atoms with van der Waals surface area (Å²) in [5.74, 6) is 1.35. The number of aromatic nitrogens is 3. The molecular weight excluding hydrogens is 425 g/mol. The van der Waals surface area contributed by atoms with Crippen LogP contribution < -0.4 is 10.1 Å². The lowest BCUT2D eigenvalue weighted by atomic mass is 10.2. The monoisotopic (exact) mass is 453 g/mol. The SMILES string of the molecule is CC(C)(C)OC(=O)N1C[C@H](Nc2cccc(-c3cnc4cc(OC5CC5)ccn34)n2)[C@@H](F)C1. The highest BCUT2D eigenvalue weighted by molar-refractivity contribution is 5.69. The highest BCUT2D eigenvalue weighted by Crippen LogP contribution is 2.29. The molecule has 3 aromatic rings. The van der Waals surface area contributed by atoms with Crippen LogP contribution in [0.4, 0.5) is 15.0 Å². The predicted octanol–water partition coefficient (Wildman–Crippen LogP) is 4.31. The average Bonchev–Trinajstić information content (AvgIpc) is 3.34. The molecule has 1 saturated heterocycles. The smallest absolute Gasteiger partial charge is 0.410 e. The molecule has 1 amide bonds. The number of fused-ring (bicyclic) bond motifs is 1. The van der Waals surface area contributed by atoms with Crippen molar-refractivity contribution >= 4 is 17.6 Å². The summed E-state index contributed by atoms with van der Waals surface area (Å²) in [6.07, 6.45) is 4.49. The van der Waals surface area contributed by atoms with Crippen molar-refractivity contribution in [3.63, 3.8) is 0 Å². The topological polar surface area (TPSA) is 81.0 Å². The third kappa shape index (κ3) is 4.86. The molecule has 5 rings (SSSR count). The molecule has 0 spiro atoms. The van der Waals surface area contributed by atoms with Gasteiger partial charge in [-0.05, 0) is 51.8 Å². The van der Waals surface area contributed by atoms with E-state index in [0.29, 0.717) is 17.6 Å². The number of nitrogens with one attached hydrogen (secondary N) is 1. The summed E-state index contributed by atoms with van der Waals surface area (Å²) in [6.45, 7) is 5.58. The molecule has 2 aliphatic rings. The first kappa shape index (κ1) is 21.5. The number of carbonyl (C=O) groups is 1. The summed E-state index contributed by atoms with van der Waals surface area (Å²) in [5, 5.41) is 3.14. The van der Waals surface area contributed by atoms with Crippen LogP contribution in [0, 0.1) is 0 Å². The van der Waals surface area contributed by atoms with E-state index in [1.54, 1.807) is 33.0 Å². The molecule has 0 unspecified atom stereocenters. The van der Waals surface area contributed by atoms with E-state index < -0.39 is 23.9 Å². The summed E-state index contributed by atoms with van der Waals surface area (Å²) < 4.78 is 27.8. The van der Waals surface area contributed by atoms with Crippen molar-refractivity contribution in [2.24, 2.45) is 0 Å². The summed E-state index contributed by atoms with van der Waals surface area (Å²) >= 11 is 0. The number of likely N-dealkylation sites (tertiary alicyclic amines) is 1. The number of rotatable bonds is 5. The molecule has 4 heterocycles. The zero-order chi connectivity index (χ0) is 23.2. The van der Waals surface area contributed by atoms with Crippen molar-refractivity contribution in [3.8, 4) is 17.1 Å². The summed E-state index contributed by atoms with van der Waals surface area (Å²) in [4.78, 5) is 22.9. The Morgan fingerprint density at radius 2 is 2.03 bits per heavy atom. The van der Waals surface area contributed by atoms with Gasteiger partial charge in [0.15, 0.2) is 0 Å². The molecular formula is C24H28FN5O3. The Morgan fingerprint density at radius 1 is 1.21 bits per heavy atom. The van der Waals surface area contributed by atoms with Gasteiger partial charge in [0.2, 0.25) is 0 Å². The molecule has 1 aliphatic carbocycles. The number of imidazole rings is 1. The Bertz CT molecular complexity index is 1170. The second kappa shape index (κ2) is 8.20. The molecule has 1 N–H and O–H groups in total. The fourth-order valence-electron chi connectivity index (χ4n) is 3.83. The van der Waals surface area contributed by atoms with E-state index in [0.717, 1.165) is 29.9 Å². The van der Waals surface area contributed by atoms with Crippen LogP contribution in [0.3, 0.4) is 0 Å². The Hall–Kier alpha value is -3.36. The van der Waals surface area contributed by atoms with Gasteiger partial charge < -0.3 is 19.7 Å². The lowest BCUT2D eigenvalue weighted by Gasteiger charge is -2.24. The molecule has 174 valence electrons. The molecule has 0 radical (unpaired) electrons. The number of hydrogen-bond acceptors (Lipinski definition) is 6. The van der Waals surface area contributed by atoms with Crippen LogP contribution >= 0.6 is 0 Å². The maximum atomic E-state index is 14.7. The molecule has 2 fully saturated rings. The second-order valence-corrected chi connectivity index (χ2v) is 9.61. The van der Waals surface area contributed by atoms with Crippen molar-refractivity contribution in [1.82, 2.24) is 19.3 Å². The third-order valence-corrected chi connectivity index (χ3v) is 5.56. The van der Waals surface area contributed by atoms with E-state index in [1.165, 1.54) is 4.90 Å². The van der Waals surface area contributed by atoms with Gasteiger partial charge in [0.05, 0.1) is 36.3 Å². The van der Waals surface area contributed by atoms with Gasteiger partial charge in [0.25, 0.3) is 0 Å². The van der Waals surface area contributed by atoms with Gasteiger partial charge in [-0.3, -0.25) is 4.40 Å². The Kier molecular flexibility index (Phi) is 5.34. The van der Waals surface area contributed by atoms with Gasteiger partial charge in [0.1, 0.15) is 29.0 Å². The van der Waals surface area contributed by atoms with Crippen molar-refractivity contribution in [2.45, 2.75) is 57.5 Å². The third-order valence-electron chi connectivity index (χ3n) is 5.56. The van der Waals surface area contributed by atoms with E-state index in [9.17, 15) is 9.18 Å². The maximum absolute atomic E-state index is 14.7. The minimum absolute atomic E-state index is 0.00913. The van der Waals surface area contributed by atoms with Crippen molar-refractivity contribution < 1.29 is 18.7 Å². The molecule has 0 aromatic carbocycles. The quantitative estimate of drug-likeness (QED) is 0.620. The van der Waals surface area contributed by atoms with Crippen LogP contribution in [0.2, 0.25) is 0 Å². The van der Waals surface area contributed by atoms with Crippen LogP contribution in [0.5, 0.6) is 5.75 Å². The zero-order valence-electron chi connectivity index (χ0n) is 19.0. The molecule has 1 saturated carbocycles. The van der Waals surface area contributed by atoms with Crippen molar-refractivity contribution in [1.29, 1.82) is 0 Å². The first-order chi connectivity index (χ1) is 15.7. The number of amides is 1. The lowest BCUT2D eigenvalue weighted by molar-refractivity contribution is 0.0283. The highest BCUT2D eigenvalue weighted by Gasteiger charge is 2.37. The molecule has 3 aromatic heterocycles. The van der Waals surface area contributed by atoms with Crippen LogP contribution in [-0.2, 0) is 4.74 Å². The summed E-state index contributed by atoms with van der Waals surface area (Å²) in [5.41, 5.74) is 1.69. The Balaban J connectivity index is 1.30. The van der Waals surface area contributed by atoms with E-state index in [1.807, 2.05) is 34.9 Å². The highest BCUT2D eigenvalue weighted by atomic mass is 19.1. The lowest BCUT2D eigenvalue weighted by Crippen LogP contribution is -2.36. The number of halogens is 1. The van der Waals surface area contributed by atoms with E-state index in [-0.39, 0.29) is 13.1 Å². The van der Waals surface area contributed by atoms with E-state index in [4.69, 9.17) is 9.47 Å². The number of anilines is 1. The fourth-order valence-corrected chi connectivity index (χ4v) is 3.83. The van der Waals surface area contributed by atoms with E-state index >= 15 is 0 Å². The van der Waals surface area contributed by atoms with Gasteiger partial charge >= 0.3 is 6.09 Å². The number of ether oxygens (including phenoxy) is 2. The zero-order valence-corrected chi connectivity index (χ0v) is 19.0. The number of pyridine rings is 2. The Labute approximate surface area is 191 Å². The Morgan fingerprint density at radius 3 is 2.79 bits per heavy atom. The molecule has 1 aliphatic heterocycles. The standard InChI is InChI=1S/C24H28FN5O3/c1-24(2,3)33-23(31)29-13-17(25)19(14-29)28-21-6-4-5-18(27-21)20-12-26-22-11-16(9-10-30(20)22)32-15-7-8-15/h4-6,9-12,15,17,19H,7-8,13-14H2,1-3H3,(H,27,28)/t17-,19-/m0/s1. The molecule has 9 heteroatoms. The van der Waals surface area contributed by atoms with Crippen molar-refractivity contribution in [2.75, 3.05) is 18.4 Å². The fraction of sp³-hybridized carbons (Fsp3) is 0.458. The minimum Gasteiger partial charge on any atom is -0.490 e. The molecule has 0 bridgehead atoms. The number of hydrogen-bond donors (Lipinski definition) is 1. The van der Waals surface area contributed by atoms with Gasteiger partial charge in [-0.25, -0.2) is 19.2 Å². The van der Waals surface area contributed by atoms with Gasteiger partial charge in [-0.15, -0.1) is 0 Å². The van der Waals surface area contributed by atoms with Crippen LogP contribution in [0.25, 0.3) is 17.0 Å². The van der Waals surface area contributed by atoms with Crippen molar-refractivity contribution in [3.05, 3.63) is 42.7 Å². The van der Waals surface area contributed by atoms with Crippen LogP contribution in [0.1, 0.15) is 33.6 Å². The minimum atomic E-state index is -1.22. The largest absolute Gasteiger partial charge is 0.490 e. The second-order valence-electron chi connectivity index (χ2n) is 9.61. The first-order valence-electron chi connectivity index (χ1n) is 11.2. The molecule has 33 heavy (non-hydrogen) atoms. The number of carbonyl (C=O) groups excluding carboxylic acids is 1. The normalized spacial score (nSPS) is 20.8. The number of alkyl halides is 1. The van der Waals surface area contributed by atoms with Crippen LogP contribution in [0.15, 0.2) is 42.7 Å². The van der Waals surface area contributed by atoms with Gasteiger partial charge in [-0.1, -0.05) is 6.07 Å². The summed E-state index contributed by atoms with van der Waals surface area (Å²) in [7, 11) is 0. The maximum Gasteiger partial charge on any atom is 0.410 e. The molecule has 2 atom stereocenters. The predicted molar refractivity (Wildman–Crippen MR) is 122 cm³/mol. The van der Waals surface area contributed by atoms with Gasteiger partial charge in [-0.2, -0.15) is 0 Å². The average molecular weight is 454 g/mol. The van der Waals surface area contributed by atoms with Gasteiger partial charge in [0, 0.05) is 18.8 Å². The van der Waals surface area contributed by atoms with Crippen LogP contribution in [-0.4, -0.2) is 62.4 Å². The summed E-state index contributed by atoms with van der Waals surface area (Å²) in [6, 6.07) is 8.82.